The molecule has 0 aliphatic carbocycles. The van der Waals surface area contributed by atoms with E-state index in [1.165, 1.54) is 23.2 Å². The van der Waals surface area contributed by atoms with E-state index >= 15 is 0 Å². The van der Waals surface area contributed by atoms with Crippen LogP contribution in [0, 0.1) is 11.3 Å². The van der Waals surface area contributed by atoms with Crippen molar-refractivity contribution in [3.05, 3.63) is 28.7 Å². The van der Waals surface area contributed by atoms with E-state index in [4.69, 9.17) is 0 Å². The van der Waals surface area contributed by atoms with Crippen LogP contribution in [-0.2, 0) is 0 Å². The minimum Gasteiger partial charge on any atom is -0.370 e. The van der Waals surface area contributed by atoms with E-state index in [9.17, 15) is 0 Å². The molecule has 1 aromatic carbocycles. The van der Waals surface area contributed by atoms with Gasteiger partial charge in [0.2, 0.25) is 0 Å². The molecule has 0 N–H and O–H groups in total. The molecule has 0 amide bonds. The molecular weight excluding hydrogens is 250 g/mol. The Labute approximate surface area is 101 Å². The summed E-state index contributed by atoms with van der Waals surface area (Å²) in [7, 11) is 0. The molecule has 1 aromatic rings. The highest BCUT2D eigenvalue weighted by Gasteiger charge is 2.36. The van der Waals surface area contributed by atoms with E-state index in [1.54, 1.807) is 0 Å². The standard InChI is InChI=1S/C13H18BrN/c1-13(2,3)10-8-15(9-10)12-7-5-4-6-11(12)14/h4-7,10H,8-9H2,1-3H3. The Hall–Kier alpha value is -0.500. The monoisotopic (exact) mass is 267 g/mol. The summed E-state index contributed by atoms with van der Waals surface area (Å²) in [6.07, 6.45) is 0. The lowest BCUT2D eigenvalue weighted by atomic mass is 9.76. The van der Waals surface area contributed by atoms with Crippen LogP contribution in [0.2, 0.25) is 0 Å². The Morgan fingerprint density at radius 1 is 1.20 bits per heavy atom. The number of hydrogen-bond donors (Lipinski definition) is 0. The fraction of sp³-hybridized carbons (Fsp3) is 0.538. The third-order valence-corrected chi connectivity index (χ3v) is 3.97. The highest BCUT2D eigenvalue weighted by molar-refractivity contribution is 9.10. The van der Waals surface area contributed by atoms with Gasteiger partial charge in [-0.15, -0.1) is 0 Å². The van der Waals surface area contributed by atoms with Crippen LogP contribution in [0.4, 0.5) is 5.69 Å². The van der Waals surface area contributed by atoms with Crippen molar-refractivity contribution in [3.8, 4) is 0 Å². The van der Waals surface area contributed by atoms with Gasteiger partial charge in [-0.1, -0.05) is 32.9 Å². The zero-order valence-corrected chi connectivity index (χ0v) is 11.2. The number of rotatable bonds is 1. The van der Waals surface area contributed by atoms with E-state index in [0.717, 1.165) is 5.92 Å². The molecule has 0 radical (unpaired) electrons. The Balaban J connectivity index is 2.04. The molecule has 0 spiro atoms. The molecule has 82 valence electrons. The van der Waals surface area contributed by atoms with Crippen molar-refractivity contribution < 1.29 is 0 Å². The lowest BCUT2D eigenvalue weighted by Gasteiger charge is -2.48. The van der Waals surface area contributed by atoms with Gasteiger partial charge in [0, 0.05) is 17.6 Å². The summed E-state index contributed by atoms with van der Waals surface area (Å²) in [5.74, 6) is 0.824. The third-order valence-electron chi connectivity index (χ3n) is 3.30. The highest BCUT2D eigenvalue weighted by Crippen LogP contribution is 2.38. The van der Waals surface area contributed by atoms with Crippen LogP contribution in [0.25, 0.3) is 0 Å². The number of hydrogen-bond acceptors (Lipinski definition) is 1. The summed E-state index contributed by atoms with van der Waals surface area (Å²) in [5, 5.41) is 0. The van der Waals surface area contributed by atoms with E-state index in [1.807, 2.05) is 0 Å². The lowest BCUT2D eigenvalue weighted by molar-refractivity contribution is 0.195. The largest absolute Gasteiger partial charge is 0.370 e. The van der Waals surface area contributed by atoms with Crippen LogP contribution in [0.3, 0.4) is 0 Å². The fourth-order valence-corrected chi connectivity index (χ4v) is 2.47. The van der Waals surface area contributed by atoms with E-state index in [0.29, 0.717) is 5.41 Å². The number of nitrogens with zero attached hydrogens (tertiary/aromatic N) is 1. The Kier molecular flexibility index (Phi) is 2.80. The molecule has 1 aliphatic heterocycles. The van der Waals surface area contributed by atoms with Gasteiger partial charge in [-0.2, -0.15) is 0 Å². The van der Waals surface area contributed by atoms with Gasteiger partial charge in [-0.25, -0.2) is 0 Å². The number of halogens is 1. The van der Waals surface area contributed by atoms with Gasteiger partial charge in [0.15, 0.2) is 0 Å². The van der Waals surface area contributed by atoms with Crippen LogP contribution in [0.1, 0.15) is 20.8 Å². The summed E-state index contributed by atoms with van der Waals surface area (Å²) in [5.41, 5.74) is 1.77. The average molecular weight is 268 g/mol. The smallest absolute Gasteiger partial charge is 0.0510 e. The van der Waals surface area contributed by atoms with Crippen LogP contribution in [-0.4, -0.2) is 13.1 Å². The van der Waals surface area contributed by atoms with Crippen molar-refractivity contribution in [2.24, 2.45) is 11.3 Å². The summed E-state index contributed by atoms with van der Waals surface area (Å²) in [6.45, 7) is 9.36. The van der Waals surface area contributed by atoms with Crippen LogP contribution in [0.15, 0.2) is 28.7 Å². The zero-order chi connectivity index (χ0) is 11.1. The number of para-hydroxylation sites is 1. The molecule has 2 rings (SSSR count). The fourth-order valence-electron chi connectivity index (χ4n) is 1.93. The number of anilines is 1. The predicted molar refractivity (Wildman–Crippen MR) is 69.3 cm³/mol. The van der Waals surface area contributed by atoms with Gasteiger partial charge in [0.05, 0.1) is 5.69 Å². The minimum absolute atomic E-state index is 0.442. The minimum atomic E-state index is 0.442. The van der Waals surface area contributed by atoms with E-state index in [2.05, 4.69) is 65.9 Å². The SMILES string of the molecule is CC(C)(C)C1CN(c2ccccc2Br)C1. The quantitative estimate of drug-likeness (QED) is 0.746. The molecule has 0 saturated carbocycles. The van der Waals surface area contributed by atoms with Crippen molar-refractivity contribution in [2.75, 3.05) is 18.0 Å². The van der Waals surface area contributed by atoms with Crippen molar-refractivity contribution in [3.63, 3.8) is 0 Å². The van der Waals surface area contributed by atoms with Crippen molar-refractivity contribution in [1.82, 2.24) is 0 Å². The maximum atomic E-state index is 3.60. The first kappa shape index (κ1) is 11.0. The van der Waals surface area contributed by atoms with Crippen molar-refractivity contribution in [2.45, 2.75) is 20.8 Å². The molecule has 0 aromatic heterocycles. The molecule has 0 bridgehead atoms. The second-order valence-corrected chi connectivity index (χ2v) is 6.27. The third kappa shape index (κ3) is 2.20. The molecule has 0 unspecified atom stereocenters. The molecule has 15 heavy (non-hydrogen) atoms. The molecule has 2 heteroatoms. The maximum absolute atomic E-state index is 3.60. The van der Waals surface area contributed by atoms with Gasteiger partial charge in [0.25, 0.3) is 0 Å². The highest BCUT2D eigenvalue weighted by atomic mass is 79.9. The van der Waals surface area contributed by atoms with E-state index in [-0.39, 0.29) is 0 Å². The molecular formula is C13H18BrN. The molecule has 1 saturated heterocycles. The molecule has 1 heterocycles. The molecule has 1 fully saturated rings. The Morgan fingerprint density at radius 3 is 2.33 bits per heavy atom. The van der Waals surface area contributed by atoms with Crippen molar-refractivity contribution in [1.29, 1.82) is 0 Å². The maximum Gasteiger partial charge on any atom is 0.0510 e. The second kappa shape index (κ2) is 3.82. The Bertz CT molecular complexity index is 348. The van der Waals surface area contributed by atoms with Gasteiger partial charge < -0.3 is 4.90 Å². The summed E-state index contributed by atoms with van der Waals surface area (Å²) in [4.78, 5) is 2.44. The van der Waals surface area contributed by atoms with Crippen molar-refractivity contribution >= 4 is 21.6 Å². The predicted octanol–water partition coefficient (Wildman–Crippen LogP) is 3.93. The second-order valence-electron chi connectivity index (χ2n) is 5.42. The molecule has 1 nitrogen and oxygen atoms in total. The van der Waals surface area contributed by atoms with Gasteiger partial charge in [-0.3, -0.25) is 0 Å². The molecule has 1 aliphatic rings. The zero-order valence-electron chi connectivity index (χ0n) is 9.63. The summed E-state index contributed by atoms with van der Waals surface area (Å²) < 4.78 is 1.21. The first-order valence-electron chi connectivity index (χ1n) is 5.48. The molecule has 0 atom stereocenters. The van der Waals surface area contributed by atoms with Gasteiger partial charge >= 0.3 is 0 Å². The lowest BCUT2D eigenvalue weighted by Crippen LogP contribution is -2.52. The van der Waals surface area contributed by atoms with Gasteiger partial charge in [-0.05, 0) is 39.4 Å². The van der Waals surface area contributed by atoms with Crippen LogP contribution in [0.5, 0.6) is 0 Å². The summed E-state index contributed by atoms with van der Waals surface area (Å²) in [6, 6.07) is 8.46. The topological polar surface area (TPSA) is 3.24 Å². The van der Waals surface area contributed by atoms with Gasteiger partial charge in [0.1, 0.15) is 0 Å². The van der Waals surface area contributed by atoms with Crippen LogP contribution < -0.4 is 4.90 Å². The number of benzene rings is 1. The first-order chi connectivity index (χ1) is 6.98. The summed E-state index contributed by atoms with van der Waals surface area (Å²) >= 11 is 3.60. The Morgan fingerprint density at radius 2 is 1.80 bits per heavy atom. The average Bonchev–Trinajstić information content (AvgIpc) is 2.03. The van der Waals surface area contributed by atoms with E-state index < -0.39 is 0 Å². The normalized spacial score (nSPS) is 17.7. The van der Waals surface area contributed by atoms with Crippen LogP contribution >= 0.6 is 15.9 Å². The first-order valence-corrected chi connectivity index (χ1v) is 6.27.